The van der Waals surface area contributed by atoms with Crippen LogP contribution in [0.2, 0.25) is 0 Å². The Hall–Kier alpha value is -3.24. The number of aryl methyl sites for hydroxylation is 1. The molecule has 176 valence electrons. The Bertz CT molecular complexity index is 1340. The first-order chi connectivity index (χ1) is 17.1. The second kappa shape index (κ2) is 10.2. The molecule has 1 heterocycles. The van der Waals surface area contributed by atoms with Crippen molar-refractivity contribution < 1.29 is 9.47 Å². The highest BCUT2D eigenvalue weighted by molar-refractivity contribution is 14.1. The number of aliphatic imine (C=N–C) groups is 1. The highest BCUT2D eigenvalue weighted by Crippen LogP contribution is 2.50. The van der Waals surface area contributed by atoms with Crippen LogP contribution >= 0.6 is 22.6 Å². The summed E-state index contributed by atoms with van der Waals surface area (Å²) in [6, 6.07) is 19.5. The summed E-state index contributed by atoms with van der Waals surface area (Å²) in [6.07, 6.45) is 13.0. The monoisotopic (exact) mass is 574 g/mol. The molecule has 0 saturated carbocycles. The van der Waals surface area contributed by atoms with Crippen molar-refractivity contribution in [2.75, 3.05) is 19.0 Å². The van der Waals surface area contributed by atoms with E-state index in [9.17, 15) is 0 Å². The number of anilines is 1. The first-order valence-corrected chi connectivity index (χ1v) is 12.8. The van der Waals surface area contributed by atoms with Crippen LogP contribution in [-0.4, -0.2) is 19.9 Å². The normalized spacial score (nSPS) is 20.1. The molecule has 3 aromatic carbocycles. The molecular formula is C30H27IN2O2. The predicted octanol–water partition coefficient (Wildman–Crippen LogP) is 7.20. The van der Waals surface area contributed by atoms with Crippen molar-refractivity contribution in [1.82, 2.24) is 0 Å². The van der Waals surface area contributed by atoms with Crippen molar-refractivity contribution in [2.45, 2.75) is 25.3 Å². The lowest BCUT2D eigenvalue weighted by atomic mass is 9.76. The molecule has 1 N–H and O–H groups in total. The Morgan fingerprint density at radius 2 is 2.00 bits per heavy atom. The van der Waals surface area contributed by atoms with Crippen LogP contribution < -0.4 is 14.8 Å². The van der Waals surface area contributed by atoms with Gasteiger partial charge in [0.25, 0.3) is 0 Å². The molecule has 0 radical (unpaired) electrons. The maximum absolute atomic E-state index is 5.63. The summed E-state index contributed by atoms with van der Waals surface area (Å²) >= 11 is 2.22. The minimum absolute atomic E-state index is 0.199. The van der Waals surface area contributed by atoms with Gasteiger partial charge >= 0.3 is 0 Å². The zero-order valence-electron chi connectivity index (χ0n) is 19.8. The predicted molar refractivity (Wildman–Crippen MR) is 151 cm³/mol. The fourth-order valence-corrected chi connectivity index (χ4v) is 5.81. The first kappa shape index (κ1) is 23.5. The number of hydrogen-bond acceptors (Lipinski definition) is 4. The quantitative estimate of drug-likeness (QED) is 0.147. The Kier molecular flexibility index (Phi) is 6.83. The van der Waals surface area contributed by atoms with Gasteiger partial charge in [-0.3, -0.25) is 4.99 Å². The van der Waals surface area contributed by atoms with Crippen molar-refractivity contribution in [1.29, 1.82) is 0 Å². The van der Waals surface area contributed by atoms with Gasteiger partial charge in [0, 0.05) is 17.8 Å². The van der Waals surface area contributed by atoms with Crippen LogP contribution in [0.15, 0.2) is 71.7 Å². The van der Waals surface area contributed by atoms with Crippen molar-refractivity contribution in [2.24, 2.45) is 10.9 Å². The molecule has 1 aliphatic heterocycles. The van der Waals surface area contributed by atoms with Gasteiger partial charge < -0.3 is 14.8 Å². The van der Waals surface area contributed by atoms with E-state index in [2.05, 4.69) is 95.4 Å². The molecule has 35 heavy (non-hydrogen) atoms. The number of terminal acetylenes is 1. The van der Waals surface area contributed by atoms with E-state index in [1.165, 1.54) is 22.4 Å². The zero-order chi connectivity index (χ0) is 24.4. The van der Waals surface area contributed by atoms with Gasteiger partial charge in [-0.25, -0.2) is 0 Å². The number of benzene rings is 3. The molecule has 0 bridgehead atoms. The minimum Gasteiger partial charge on any atom is -0.493 e. The summed E-state index contributed by atoms with van der Waals surface area (Å²) in [5.41, 5.74) is 7.11. The molecule has 3 atom stereocenters. The number of fused-ring (bicyclic) bond motifs is 3. The fourth-order valence-electron chi connectivity index (χ4n) is 5.03. The number of hydrogen-bond donors (Lipinski definition) is 1. The van der Waals surface area contributed by atoms with E-state index >= 15 is 0 Å². The maximum atomic E-state index is 5.63. The third-order valence-corrected chi connectivity index (χ3v) is 7.49. The molecule has 0 spiro atoms. The summed E-state index contributed by atoms with van der Waals surface area (Å²) in [5.74, 6) is 4.79. The summed E-state index contributed by atoms with van der Waals surface area (Å²) in [4.78, 5) is 4.69. The largest absolute Gasteiger partial charge is 0.493 e. The summed E-state index contributed by atoms with van der Waals surface area (Å²) in [5, 5.41) is 3.81. The second-order valence-electron chi connectivity index (χ2n) is 8.94. The molecule has 0 fully saturated rings. The molecule has 3 aromatic rings. The van der Waals surface area contributed by atoms with Gasteiger partial charge in [-0.1, -0.05) is 47.9 Å². The Balaban J connectivity index is 1.35. The van der Waals surface area contributed by atoms with Crippen LogP contribution in [-0.2, 0) is 0 Å². The van der Waals surface area contributed by atoms with Gasteiger partial charge in [0.15, 0.2) is 11.5 Å². The molecule has 2 aliphatic rings. The highest BCUT2D eigenvalue weighted by atomic mass is 127. The maximum Gasteiger partial charge on any atom is 0.175 e. The van der Waals surface area contributed by atoms with Gasteiger partial charge in [-0.05, 0) is 88.9 Å². The van der Waals surface area contributed by atoms with Crippen molar-refractivity contribution in [3.8, 4) is 23.8 Å². The van der Waals surface area contributed by atoms with E-state index in [-0.39, 0.29) is 12.6 Å². The number of nitrogens with one attached hydrogen (secondary N) is 1. The van der Waals surface area contributed by atoms with Crippen LogP contribution in [0.3, 0.4) is 0 Å². The van der Waals surface area contributed by atoms with Crippen molar-refractivity contribution >= 4 is 40.2 Å². The van der Waals surface area contributed by atoms with E-state index in [1.807, 2.05) is 18.3 Å². The van der Waals surface area contributed by atoms with Crippen LogP contribution in [0.1, 0.15) is 40.6 Å². The Morgan fingerprint density at radius 3 is 2.77 bits per heavy atom. The van der Waals surface area contributed by atoms with Gasteiger partial charge in [0.2, 0.25) is 0 Å². The van der Waals surface area contributed by atoms with E-state index in [0.717, 1.165) is 21.2 Å². The van der Waals surface area contributed by atoms with Crippen LogP contribution in [0.25, 0.3) is 0 Å². The third-order valence-electron chi connectivity index (χ3n) is 6.68. The third kappa shape index (κ3) is 4.81. The van der Waals surface area contributed by atoms with Crippen LogP contribution in [0.4, 0.5) is 11.4 Å². The molecule has 5 heteroatoms. The van der Waals surface area contributed by atoms with Crippen LogP contribution in [0.5, 0.6) is 11.5 Å². The van der Waals surface area contributed by atoms with E-state index in [4.69, 9.17) is 20.9 Å². The number of ether oxygens (including phenoxy) is 2. The SMILES string of the molecule is C#CCOc1c(I)cc(C=Nc2ccc([C@@H]3Nc4ccc(C)cc4[C@@H]4C=CC[C@H]43)cc2)cc1OC. The van der Waals surface area contributed by atoms with E-state index < -0.39 is 0 Å². The molecule has 5 rings (SSSR count). The van der Waals surface area contributed by atoms with Gasteiger partial charge in [0.05, 0.1) is 22.4 Å². The number of halogens is 1. The first-order valence-electron chi connectivity index (χ1n) is 11.7. The smallest absolute Gasteiger partial charge is 0.175 e. The molecular weight excluding hydrogens is 547 g/mol. The summed E-state index contributed by atoms with van der Waals surface area (Å²) in [6.45, 7) is 2.36. The Labute approximate surface area is 220 Å². The summed E-state index contributed by atoms with van der Waals surface area (Å²) in [7, 11) is 1.62. The lowest BCUT2D eigenvalue weighted by molar-refractivity contribution is 0.328. The molecule has 0 saturated heterocycles. The van der Waals surface area contributed by atoms with Crippen molar-refractivity contribution in [3.05, 3.63) is 92.6 Å². The molecule has 1 aliphatic carbocycles. The van der Waals surface area contributed by atoms with E-state index in [0.29, 0.717) is 23.3 Å². The van der Waals surface area contributed by atoms with Gasteiger partial charge in [-0.2, -0.15) is 0 Å². The number of nitrogens with zero attached hydrogens (tertiary/aromatic N) is 1. The van der Waals surface area contributed by atoms with Crippen molar-refractivity contribution in [3.63, 3.8) is 0 Å². The lowest BCUT2D eigenvalue weighted by Crippen LogP contribution is -2.29. The average molecular weight is 574 g/mol. The summed E-state index contributed by atoms with van der Waals surface area (Å²) < 4.78 is 12.0. The molecule has 0 unspecified atom stereocenters. The van der Waals surface area contributed by atoms with Gasteiger partial charge in [-0.15, -0.1) is 6.42 Å². The minimum atomic E-state index is 0.199. The number of rotatable bonds is 6. The topological polar surface area (TPSA) is 42.8 Å². The Morgan fingerprint density at radius 1 is 1.17 bits per heavy atom. The lowest BCUT2D eigenvalue weighted by Gasteiger charge is -2.37. The average Bonchev–Trinajstić information content (AvgIpc) is 3.37. The fraction of sp³-hybridized carbons (Fsp3) is 0.233. The van der Waals surface area contributed by atoms with E-state index in [1.54, 1.807) is 7.11 Å². The zero-order valence-corrected chi connectivity index (χ0v) is 22.0. The highest BCUT2D eigenvalue weighted by Gasteiger charge is 2.37. The molecule has 0 aromatic heterocycles. The standard InChI is InChI=1S/C30H27IN2O2/c1-4-14-35-30-26(31)16-20(17-28(30)34-3)18-32-22-11-9-21(10-12-22)29-24-7-5-6-23(24)25-15-19(2)8-13-27(25)33-29/h1,5-6,8-13,15-18,23-24,29,33H,7,14H2,2-3H3/t23-,24-,29+/m1/s1. The number of methoxy groups -OCH3 is 1. The number of allylic oxidation sites excluding steroid dienone is 2. The second-order valence-corrected chi connectivity index (χ2v) is 10.1. The molecule has 0 amide bonds. The van der Waals surface area contributed by atoms with Crippen LogP contribution in [0, 0.1) is 28.8 Å². The van der Waals surface area contributed by atoms with Gasteiger partial charge in [0.1, 0.15) is 6.61 Å². The molecule has 4 nitrogen and oxygen atoms in total.